The van der Waals surface area contributed by atoms with Crippen LogP contribution < -0.4 is 15.8 Å². The number of rotatable bonds is 3. The fraction of sp³-hybridized carbons (Fsp3) is 0.467. The topological polar surface area (TPSA) is 96.9 Å². The molecule has 1 aliphatic heterocycles. The van der Waals surface area contributed by atoms with E-state index in [0.717, 1.165) is 24.2 Å². The molecular formula is C15H19N3O3. The number of ether oxygens (including phenoxy) is 1. The number of carbonyl (C=O) groups is 1. The highest BCUT2D eigenvalue weighted by Crippen LogP contribution is 2.32. The maximum absolute atomic E-state index is 12.5. The van der Waals surface area contributed by atoms with E-state index < -0.39 is 11.6 Å². The smallest absolute Gasteiger partial charge is 0.262 e. The highest BCUT2D eigenvalue weighted by molar-refractivity contribution is 5.95. The van der Waals surface area contributed by atoms with E-state index in [1.165, 1.54) is 0 Å². The quantitative estimate of drug-likeness (QED) is 0.337. The molecule has 0 aromatic heterocycles. The van der Waals surface area contributed by atoms with E-state index in [1.807, 2.05) is 24.3 Å². The molecule has 6 heteroatoms. The zero-order chi connectivity index (χ0) is 14.9. The molecule has 1 heterocycles. The van der Waals surface area contributed by atoms with Gasteiger partial charge in [0.25, 0.3) is 5.91 Å². The molecule has 4 N–H and O–H groups in total. The summed E-state index contributed by atoms with van der Waals surface area (Å²) < 4.78 is 5.68. The van der Waals surface area contributed by atoms with E-state index in [-0.39, 0.29) is 11.7 Å². The number of amides is 1. The third-order valence-corrected chi connectivity index (χ3v) is 4.36. The number of hydrogen-bond donors (Lipinski definition) is 3. The molecule has 1 amide bonds. The van der Waals surface area contributed by atoms with Gasteiger partial charge in [-0.05, 0) is 24.5 Å². The molecule has 1 atom stereocenters. The fourth-order valence-electron chi connectivity index (χ4n) is 3.16. The van der Waals surface area contributed by atoms with Crippen LogP contribution in [0.1, 0.15) is 31.2 Å². The number of hydrogen-bond acceptors (Lipinski definition) is 4. The molecule has 1 aliphatic carbocycles. The third-order valence-electron chi connectivity index (χ3n) is 4.36. The van der Waals surface area contributed by atoms with Crippen LogP contribution in [0.15, 0.2) is 29.4 Å². The normalized spacial score (nSPS) is 23.4. The van der Waals surface area contributed by atoms with Crippen LogP contribution in [0.25, 0.3) is 0 Å². The summed E-state index contributed by atoms with van der Waals surface area (Å²) in [5.41, 5.74) is 6.09. The molecule has 3 rings (SSSR count). The van der Waals surface area contributed by atoms with Crippen molar-refractivity contribution in [1.82, 2.24) is 5.32 Å². The molecule has 21 heavy (non-hydrogen) atoms. The molecule has 2 aliphatic rings. The molecule has 1 aromatic rings. The van der Waals surface area contributed by atoms with E-state index in [9.17, 15) is 4.79 Å². The van der Waals surface area contributed by atoms with Crippen molar-refractivity contribution in [2.45, 2.75) is 43.7 Å². The fourth-order valence-corrected chi connectivity index (χ4v) is 3.16. The first-order chi connectivity index (χ1) is 10.1. The van der Waals surface area contributed by atoms with Gasteiger partial charge in [0, 0.05) is 6.42 Å². The molecule has 1 saturated carbocycles. The average molecular weight is 289 g/mol. The van der Waals surface area contributed by atoms with Crippen LogP contribution in [-0.2, 0) is 11.2 Å². The second-order valence-electron chi connectivity index (χ2n) is 5.68. The van der Waals surface area contributed by atoms with Crippen LogP contribution in [0.5, 0.6) is 5.75 Å². The van der Waals surface area contributed by atoms with Crippen LogP contribution >= 0.6 is 0 Å². The monoisotopic (exact) mass is 289 g/mol. The van der Waals surface area contributed by atoms with E-state index in [4.69, 9.17) is 15.7 Å². The van der Waals surface area contributed by atoms with Crippen molar-refractivity contribution in [2.75, 3.05) is 0 Å². The van der Waals surface area contributed by atoms with Gasteiger partial charge in [0.05, 0.1) is 0 Å². The Morgan fingerprint density at radius 1 is 1.38 bits per heavy atom. The highest BCUT2D eigenvalue weighted by Gasteiger charge is 2.42. The Bertz CT molecular complexity index is 554. The summed E-state index contributed by atoms with van der Waals surface area (Å²) in [7, 11) is 0. The van der Waals surface area contributed by atoms with Gasteiger partial charge in [0.1, 0.15) is 11.3 Å². The maximum atomic E-state index is 12.5. The predicted octanol–water partition coefficient (Wildman–Crippen LogP) is 1.17. The molecule has 0 saturated heterocycles. The molecule has 1 unspecified atom stereocenters. The molecule has 112 valence electrons. The van der Waals surface area contributed by atoms with Crippen LogP contribution in [-0.4, -0.2) is 28.6 Å². The number of nitrogens with one attached hydrogen (secondary N) is 1. The van der Waals surface area contributed by atoms with Gasteiger partial charge in [0.15, 0.2) is 11.9 Å². The summed E-state index contributed by atoms with van der Waals surface area (Å²) in [6, 6.07) is 7.63. The SMILES string of the molecule is N/C(=N/O)C1(NC(=O)C2Cc3ccccc3O2)CCCC1. The number of oxime groups is 1. The average Bonchev–Trinajstić information content (AvgIpc) is 3.13. The van der Waals surface area contributed by atoms with E-state index in [2.05, 4.69) is 10.5 Å². The lowest BCUT2D eigenvalue weighted by Crippen LogP contribution is -2.58. The van der Waals surface area contributed by atoms with Gasteiger partial charge in [-0.1, -0.05) is 36.2 Å². The summed E-state index contributed by atoms with van der Waals surface area (Å²) in [4.78, 5) is 12.5. The first-order valence-electron chi connectivity index (χ1n) is 7.19. The number of fused-ring (bicyclic) bond motifs is 1. The minimum absolute atomic E-state index is 0.0730. The minimum atomic E-state index is -0.732. The van der Waals surface area contributed by atoms with Crippen LogP contribution in [0.3, 0.4) is 0 Å². The molecule has 1 aromatic carbocycles. The van der Waals surface area contributed by atoms with Gasteiger partial charge >= 0.3 is 0 Å². The number of carbonyl (C=O) groups excluding carboxylic acids is 1. The Morgan fingerprint density at radius 3 is 2.76 bits per heavy atom. The Kier molecular flexibility index (Phi) is 3.45. The summed E-state index contributed by atoms with van der Waals surface area (Å²) in [6.45, 7) is 0. The zero-order valence-corrected chi connectivity index (χ0v) is 11.7. The molecule has 0 bridgehead atoms. The maximum Gasteiger partial charge on any atom is 0.262 e. The van der Waals surface area contributed by atoms with Crippen molar-refractivity contribution in [3.63, 3.8) is 0 Å². The Labute approximate surface area is 123 Å². The van der Waals surface area contributed by atoms with E-state index in [0.29, 0.717) is 19.3 Å². The van der Waals surface area contributed by atoms with Crippen molar-refractivity contribution in [3.8, 4) is 5.75 Å². The van der Waals surface area contributed by atoms with Crippen LogP contribution in [0.2, 0.25) is 0 Å². The third kappa shape index (κ3) is 2.41. The molecule has 6 nitrogen and oxygen atoms in total. The lowest BCUT2D eigenvalue weighted by atomic mass is 9.95. The lowest BCUT2D eigenvalue weighted by Gasteiger charge is -2.29. The minimum Gasteiger partial charge on any atom is -0.480 e. The van der Waals surface area contributed by atoms with E-state index in [1.54, 1.807) is 0 Å². The van der Waals surface area contributed by atoms with Gasteiger partial charge in [-0.3, -0.25) is 4.79 Å². The standard InChI is InChI=1S/C15H19N3O3/c16-14(18-20)15(7-3-4-8-15)17-13(19)12-9-10-5-1-2-6-11(10)21-12/h1-2,5-6,12,20H,3-4,7-9H2,(H2,16,18)(H,17,19). The van der Waals surface area contributed by atoms with Crippen molar-refractivity contribution in [2.24, 2.45) is 10.9 Å². The number of benzene rings is 1. The number of amidine groups is 1. The molecule has 0 radical (unpaired) electrons. The Balaban J connectivity index is 1.72. The van der Waals surface area contributed by atoms with Crippen LogP contribution in [0.4, 0.5) is 0 Å². The largest absolute Gasteiger partial charge is 0.480 e. The van der Waals surface area contributed by atoms with Gasteiger partial charge in [0.2, 0.25) is 0 Å². The molecular weight excluding hydrogens is 270 g/mol. The number of nitrogens with two attached hydrogens (primary N) is 1. The highest BCUT2D eigenvalue weighted by atomic mass is 16.5. The van der Waals surface area contributed by atoms with E-state index >= 15 is 0 Å². The van der Waals surface area contributed by atoms with Gasteiger partial charge in [-0.25, -0.2) is 0 Å². The zero-order valence-electron chi connectivity index (χ0n) is 11.7. The Hall–Kier alpha value is -2.24. The summed E-state index contributed by atoms with van der Waals surface area (Å²) in [5, 5.41) is 15.0. The second kappa shape index (κ2) is 5.27. The van der Waals surface area contributed by atoms with Crippen molar-refractivity contribution >= 4 is 11.7 Å². The predicted molar refractivity (Wildman–Crippen MR) is 77.3 cm³/mol. The van der Waals surface area contributed by atoms with Gasteiger partial charge in [-0.2, -0.15) is 0 Å². The summed E-state index contributed by atoms with van der Waals surface area (Å²) in [6.07, 6.45) is 3.27. The second-order valence-corrected chi connectivity index (χ2v) is 5.68. The molecule has 0 spiro atoms. The summed E-state index contributed by atoms with van der Waals surface area (Å²) >= 11 is 0. The first-order valence-corrected chi connectivity index (χ1v) is 7.19. The summed E-state index contributed by atoms with van der Waals surface area (Å²) in [5.74, 6) is 0.616. The van der Waals surface area contributed by atoms with Crippen molar-refractivity contribution in [3.05, 3.63) is 29.8 Å². The van der Waals surface area contributed by atoms with Crippen LogP contribution in [0, 0.1) is 0 Å². The van der Waals surface area contributed by atoms with Gasteiger partial charge in [-0.15, -0.1) is 0 Å². The van der Waals surface area contributed by atoms with Crippen molar-refractivity contribution < 1.29 is 14.7 Å². The number of nitrogens with zero attached hydrogens (tertiary/aromatic N) is 1. The van der Waals surface area contributed by atoms with Gasteiger partial charge < -0.3 is 21.0 Å². The molecule has 1 fully saturated rings. The Morgan fingerprint density at radius 2 is 2.10 bits per heavy atom. The first kappa shape index (κ1) is 13.7. The number of para-hydroxylation sites is 1. The van der Waals surface area contributed by atoms with Crippen molar-refractivity contribution in [1.29, 1.82) is 0 Å². The lowest BCUT2D eigenvalue weighted by molar-refractivity contribution is -0.128.